The summed E-state index contributed by atoms with van der Waals surface area (Å²) >= 11 is 5.83. The number of carbonyl (C=O) groups excluding carboxylic acids is 2. The molecule has 2 N–H and O–H groups in total. The average molecular weight is 402 g/mol. The number of halogens is 1. The van der Waals surface area contributed by atoms with Crippen LogP contribution in [0.2, 0.25) is 5.02 Å². The molecule has 0 saturated carbocycles. The number of nitrogens with one attached hydrogen (secondary N) is 1. The fourth-order valence-corrected chi connectivity index (χ4v) is 2.64. The Morgan fingerprint density at radius 1 is 1.14 bits per heavy atom. The minimum atomic E-state index is -0.863. The van der Waals surface area contributed by atoms with E-state index >= 15 is 0 Å². The van der Waals surface area contributed by atoms with E-state index in [1.165, 1.54) is 18.2 Å². The summed E-state index contributed by atoms with van der Waals surface area (Å²) < 4.78 is 10.2. The first kappa shape index (κ1) is 19.4. The maximum absolute atomic E-state index is 12.2. The van der Waals surface area contributed by atoms with Gasteiger partial charge in [0.05, 0.1) is 11.4 Å². The highest BCUT2D eigenvalue weighted by Crippen LogP contribution is 2.28. The van der Waals surface area contributed by atoms with Crippen LogP contribution in [0.15, 0.2) is 57.7 Å². The van der Waals surface area contributed by atoms with Crippen molar-refractivity contribution in [1.82, 2.24) is 5.32 Å². The third kappa shape index (κ3) is 4.69. The zero-order valence-corrected chi connectivity index (χ0v) is 15.4. The maximum Gasteiger partial charge on any atom is 0.349 e. The Labute approximate surface area is 164 Å². The molecule has 7 nitrogen and oxygen atoms in total. The summed E-state index contributed by atoms with van der Waals surface area (Å²) in [4.78, 5) is 36.0. The highest BCUT2D eigenvalue weighted by Gasteiger charge is 2.15. The Kier molecular flexibility index (Phi) is 5.96. The van der Waals surface area contributed by atoms with Crippen LogP contribution in [-0.2, 0) is 16.1 Å². The fourth-order valence-electron chi connectivity index (χ4n) is 2.47. The Bertz CT molecular complexity index is 1080. The Balaban J connectivity index is 1.57. The van der Waals surface area contributed by atoms with Crippen LogP contribution in [0.4, 0.5) is 0 Å². The van der Waals surface area contributed by atoms with Crippen molar-refractivity contribution in [1.29, 1.82) is 0 Å². The van der Waals surface area contributed by atoms with E-state index in [0.29, 0.717) is 5.39 Å². The number of fused-ring (bicyclic) bond motifs is 1. The lowest BCUT2D eigenvalue weighted by Gasteiger charge is -2.07. The summed E-state index contributed by atoms with van der Waals surface area (Å²) in [6.45, 7) is 0.149. The molecule has 0 atom stereocenters. The van der Waals surface area contributed by atoms with Crippen molar-refractivity contribution in [2.75, 3.05) is 6.54 Å². The number of phenolic OH excluding ortho intramolecular Hbond substituents is 1. The van der Waals surface area contributed by atoms with Crippen molar-refractivity contribution in [2.24, 2.45) is 0 Å². The molecule has 0 bridgehead atoms. The molecule has 144 valence electrons. The van der Waals surface area contributed by atoms with Gasteiger partial charge in [0.1, 0.15) is 23.5 Å². The topological polar surface area (TPSA) is 106 Å². The second-order valence-corrected chi connectivity index (χ2v) is 6.35. The van der Waals surface area contributed by atoms with Crippen LogP contribution >= 0.6 is 11.6 Å². The summed E-state index contributed by atoms with van der Waals surface area (Å²) in [7, 11) is 0. The first-order valence-electron chi connectivity index (χ1n) is 8.38. The van der Waals surface area contributed by atoms with Crippen molar-refractivity contribution >= 4 is 34.4 Å². The predicted octanol–water partition coefficient (Wildman–Crippen LogP) is 3.02. The van der Waals surface area contributed by atoms with Gasteiger partial charge in [-0.1, -0.05) is 41.9 Å². The number of phenols is 1. The van der Waals surface area contributed by atoms with Gasteiger partial charge in [0.2, 0.25) is 0 Å². The van der Waals surface area contributed by atoms with E-state index in [-0.39, 0.29) is 41.5 Å². The third-order valence-electron chi connectivity index (χ3n) is 3.90. The van der Waals surface area contributed by atoms with E-state index in [9.17, 15) is 19.5 Å². The molecule has 2 aromatic carbocycles. The maximum atomic E-state index is 12.2. The summed E-state index contributed by atoms with van der Waals surface area (Å²) in [5.74, 6) is -1.39. The van der Waals surface area contributed by atoms with E-state index in [1.807, 2.05) is 30.3 Å². The van der Waals surface area contributed by atoms with Crippen LogP contribution in [-0.4, -0.2) is 23.5 Å². The molecule has 1 aromatic heterocycles. The van der Waals surface area contributed by atoms with E-state index in [4.69, 9.17) is 20.8 Å². The molecule has 28 heavy (non-hydrogen) atoms. The van der Waals surface area contributed by atoms with Crippen molar-refractivity contribution in [3.8, 4) is 5.75 Å². The first-order valence-corrected chi connectivity index (χ1v) is 8.76. The number of aromatic hydroxyl groups is 1. The summed E-state index contributed by atoms with van der Waals surface area (Å²) in [6.07, 6.45) is -0.0445. The normalized spacial score (nSPS) is 10.6. The van der Waals surface area contributed by atoms with Crippen LogP contribution in [0.5, 0.6) is 5.75 Å². The van der Waals surface area contributed by atoms with Gasteiger partial charge in [-0.15, -0.1) is 0 Å². The van der Waals surface area contributed by atoms with Gasteiger partial charge in [-0.3, -0.25) is 9.59 Å². The van der Waals surface area contributed by atoms with Crippen LogP contribution in [0.3, 0.4) is 0 Å². The number of esters is 1. The van der Waals surface area contributed by atoms with E-state index in [1.54, 1.807) is 0 Å². The smallest absolute Gasteiger partial charge is 0.349 e. The van der Waals surface area contributed by atoms with E-state index < -0.39 is 17.5 Å². The summed E-state index contributed by atoms with van der Waals surface area (Å²) in [5, 5.41) is 12.5. The molecule has 0 fully saturated rings. The molecular formula is C20H16ClNO6. The van der Waals surface area contributed by atoms with Gasteiger partial charge >= 0.3 is 11.6 Å². The number of hydrogen-bond acceptors (Lipinski definition) is 6. The highest BCUT2D eigenvalue weighted by molar-refractivity contribution is 6.32. The van der Waals surface area contributed by atoms with Crippen LogP contribution in [0.1, 0.15) is 22.3 Å². The van der Waals surface area contributed by atoms with Crippen LogP contribution in [0, 0.1) is 0 Å². The minimum absolute atomic E-state index is 0.000265. The third-order valence-corrected chi connectivity index (χ3v) is 4.21. The zero-order valence-electron chi connectivity index (χ0n) is 14.6. The van der Waals surface area contributed by atoms with Gasteiger partial charge in [-0.05, 0) is 17.7 Å². The van der Waals surface area contributed by atoms with Crippen LogP contribution in [0.25, 0.3) is 11.0 Å². The molecule has 0 radical (unpaired) electrons. The number of ether oxygens (including phenoxy) is 1. The Morgan fingerprint density at radius 3 is 2.64 bits per heavy atom. The Hall–Kier alpha value is -3.32. The number of rotatable bonds is 6. The zero-order chi connectivity index (χ0) is 20.1. The lowest BCUT2D eigenvalue weighted by Crippen LogP contribution is -2.30. The minimum Gasteiger partial charge on any atom is -0.506 e. The molecule has 3 aromatic rings. The molecule has 0 aliphatic heterocycles. The SMILES string of the molecule is O=C(CCNC(=O)c1cc2cc(Cl)c(O)cc2oc1=O)OCc1ccccc1. The molecule has 0 saturated heterocycles. The van der Waals surface area contributed by atoms with Gasteiger partial charge in [-0.2, -0.15) is 0 Å². The molecule has 0 unspecified atom stereocenters. The van der Waals surface area contributed by atoms with E-state index in [2.05, 4.69) is 5.32 Å². The largest absolute Gasteiger partial charge is 0.506 e. The average Bonchev–Trinajstić information content (AvgIpc) is 2.68. The molecule has 0 aliphatic rings. The summed E-state index contributed by atoms with van der Waals surface area (Å²) in [6, 6.07) is 13.1. The van der Waals surface area contributed by atoms with E-state index in [0.717, 1.165) is 5.56 Å². The van der Waals surface area contributed by atoms with Crippen molar-refractivity contribution < 1.29 is 23.8 Å². The lowest BCUT2D eigenvalue weighted by atomic mass is 10.1. The van der Waals surface area contributed by atoms with Crippen molar-refractivity contribution in [3.63, 3.8) is 0 Å². The molecule has 0 aliphatic carbocycles. The second-order valence-electron chi connectivity index (χ2n) is 5.94. The molecular weight excluding hydrogens is 386 g/mol. The molecule has 1 heterocycles. The fraction of sp³-hybridized carbons (Fsp3) is 0.150. The van der Waals surface area contributed by atoms with Crippen LogP contribution < -0.4 is 10.9 Å². The quantitative estimate of drug-likeness (QED) is 0.486. The van der Waals surface area contributed by atoms with Gasteiger partial charge in [0, 0.05) is 18.0 Å². The number of benzene rings is 2. The van der Waals surface area contributed by atoms with Gasteiger partial charge in [0.25, 0.3) is 5.91 Å². The molecule has 0 spiro atoms. The molecule has 1 amide bonds. The second kappa shape index (κ2) is 8.58. The summed E-state index contributed by atoms with van der Waals surface area (Å²) in [5.41, 5.74) is -0.128. The van der Waals surface area contributed by atoms with Gasteiger partial charge in [0.15, 0.2) is 0 Å². The van der Waals surface area contributed by atoms with Gasteiger partial charge < -0.3 is 19.6 Å². The number of amides is 1. The predicted molar refractivity (Wildman–Crippen MR) is 102 cm³/mol. The lowest BCUT2D eigenvalue weighted by molar-refractivity contribution is -0.144. The van der Waals surface area contributed by atoms with Gasteiger partial charge in [-0.25, -0.2) is 4.79 Å². The number of hydrogen-bond donors (Lipinski definition) is 2. The highest BCUT2D eigenvalue weighted by atomic mass is 35.5. The standard InChI is InChI=1S/C20H16ClNO6/c21-15-9-13-8-14(20(26)28-17(13)10-16(15)23)19(25)22-7-6-18(24)27-11-12-4-2-1-3-5-12/h1-5,8-10,23H,6-7,11H2,(H,22,25). The van der Waals surface area contributed by atoms with Crippen molar-refractivity contribution in [3.05, 3.63) is 75.1 Å². The van der Waals surface area contributed by atoms with Crippen molar-refractivity contribution in [2.45, 2.75) is 13.0 Å². The first-order chi connectivity index (χ1) is 13.4. The number of carbonyl (C=O) groups is 2. The monoisotopic (exact) mass is 401 g/mol. The Morgan fingerprint density at radius 2 is 1.89 bits per heavy atom. The molecule has 3 rings (SSSR count). The molecule has 8 heteroatoms.